The van der Waals surface area contributed by atoms with Crippen LogP contribution in [0.5, 0.6) is 5.75 Å². The second kappa shape index (κ2) is 6.57. The first-order valence-electron chi connectivity index (χ1n) is 7.92. The third-order valence-electron chi connectivity index (χ3n) is 3.89. The van der Waals surface area contributed by atoms with E-state index in [1.807, 2.05) is 60.7 Å². The van der Waals surface area contributed by atoms with Crippen LogP contribution in [0.1, 0.15) is 0 Å². The van der Waals surface area contributed by atoms with Gasteiger partial charge in [-0.3, -0.25) is 0 Å². The highest BCUT2D eigenvalue weighted by atomic mass is 16.5. The maximum absolute atomic E-state index is 5.38. The maximum atomic E-state index is 5.38. The van der Waals surface area contributed by atoms with E-state index in [2.05, 4.69) is 15.3 Å². The minimum atomic E-state index is 0.647. The van der Waals surface area contributed by atoms with Crippen molar-refractivity contribution in [1.29, 1.82) is 0 Å². The summed E-state index contributed by atoms with van der Waals surface area (Å²) in [7, 11) is 1.64. The molecular weight excluding hydrogens is 312 g/mol. The molecule has 0 aliphatic rings. The van der Waals surface area contributed by atoms with E-state index in [0.717, 1.165) is 28.2 Å². The number of nitrogens with zero attached hydrogens (tertiary/aromatic N) is 3. The van der Waals surface area contributed by atoms with E-state index in [1.165, 1.54) is 0 Å². The topological polar surface area (TPSA) is 59.9 Å². The zero-order valence-electron chi connectivity index (χ0n) is 13.7. The summed E-state index contributed by atoms with van der Waals surface area (Å²) >= 11 is 0. The Bertz CT molecular complexity index is 1020. The van der Waals surface area contributed by atoms with Crippen LogP contribution in [0, 0.1) is 0 Å². The van der Waals surface area contributed by atoms with Crippen LogP contribution < -0.4 is 10.1 Å². The zero-order valence-corrected chi connectivity index (χ0v) is 13.7. The fraction of sp³-hybridized carbons (Fsp3) is 0.0500. The number of aromatic nitrogens is 3. The van der Waals surface area contributed by atoms with Gasteiger partial charge in [0.2, 0.25) is 0 Å². The number of benzene rings is 2. The molecule has 0 aliphatic heterocycles. The molecule has 0 saturated carbocycles. The molecule has 2 heterocycles. The summed E-state index contributed by atoms with van der Waals surface area (Å²) in [4.78, 5) is 13.7. The molecule has 2 aromatic carbocycles. The molecule has 0 saturated heterocycles. The predicted octanol–water partition coefficient (Wildman–Crippen LogP) is 4.44. The number of rotatable bonds is 4. The molecule has 0 spiro atoms. The summed E-state index contributed by atoms with van der Waals surface area (Å²) < 4.78 is 5.38. The van der Waals surface area contributed by atoms with E-state index < -0.39 is 0 Å². The van der Waals surface area contributed by atoms with E-state index in [4.69, 9.17) is 9.72 Å². The average molecular weight is 328 g/mol. The molecule has 0 unspecified atom stereocenters. The van der Waals surface area contributed by atoms with E-state index in [-0.39, 0.29) is 0 Å². The van der Waals surface area contributed by atoms with Crippen LogP contribution in [-0.2, 0) is 0 Å². The Hall–Kier alpha value is -3.47. The lowest BCUT2D eigenvalue weighted by Crippen LogP contribution is -1.99. The van der Waals surface area contributed by atoms with Crippen molar-refractivity contribution in [3.8, 4) is 17.0 Å². The molecular formula is C20H16N4O. The van der Waals surface area contributed by atoms with Crippen LogP contribution in [0.15, 0.2) is 73.1 Å². The lowest BCUT2D eigenvalue weighted by Gasteiger charge is -2.11. The Kier molecular flexibility index (Phi) is 3.96. The molecule has 4 aromatic rings. The van der Waals surface area contributed by atoms with Crippen LogP contribution >= 0.6 is 0 Å². The average Bonchev–Trinajstić information content (AvgIpc) is 2.69. The molecule has 0 aliphatic carbocycles. The van der Waals surface area contributed by atoms with E-state index in [9.17, 15) is 0 Å². The van der Waals surface area contributed by atoms with Crippen molar-refractivity contribution < 1.29 is 4.74 Å². The summed E-state index contributed by atoms with van der Waals surface area (Å²) in [6, 6.07) is 19.6. The Morgan fingerprint density at radius 2 is 1.68 bits per heavy atom. The van der Waals surface area contributed by atoms with Crippen molar-refractivity contribution in [1.82, 2.24) is 15.0 Å². The van der Waals surface area contributed by atoms with Gasteiger partial charge in [-0.25, -0.2) is 15.0 Å². The zero-order chi connectivity index (χ0) is 17.1. The third kappa shape index (κ3) is 2.99. The van der Waals surface area contributed by atoms with E-state index >= 15 is 0 Å². The standard InChI is InChI=1S/C20H16N4O/c1-25-18-10-6-5-9-15(18)24-20-19-16(11-12-21-20)23-17(13-22-19)14-7-3-2-4-8-14/h2-13H,1H3,(H,21,24). The van der Waals surface area contributed by atoms with Gasteiger partial charge in [0.15, 0.2) is 5.82 Å². The number of methoxy groups -OCH3 is 1. The number of anilines is 2. The molecule has 25 heavy (non-hydrogen) atoms. The lowest BCUT2D eigenvalue weighted by molar-refractivity contribution is 0.417. The van der Waals surface area contributed by atoms with Crippen LogP contribution in [0.3, 0.4) is 0 Å². The molecule has 5 nitrogen and oxygen atoms in total. The van der Waals surface area contributed by atoms with Gasteiger partial charge >= 0.3 is 0 Å². The molecule has 0 radical (unpaired) electrons. The van der Waals surface area contributed by atoms with Crippen molar-refractivity contribution in [3.63, 3.8) is 0 Å². The van der Waals surface area contributed by atoms with Gasteiger partial charge in [0.1, 0.15) is 11.3 Å². The van der Waals surface area contributed by atoms with Gasteiger partial charge in [-0.15, -0.1) is 0 Å². The second-order valence-electron chi connectivity index (χ2n) is 5.47. The molecule has 4 rings (SSSR count). The second-order valence-corrected chi connectivity index (χ2v) is 5.47. The minimum Gasteiger partial charge on any atom is -0.495 e. The van der Waals surface area contributed by atoms with Gasteiger partial charge in [0.05, 0.1) is 30.2 Å². The van der Waals surface area contributed by atoms with Gasteiger partial charge in [0, 0.05) is 11.8 Å². The van der Waals surface area contributed by atoms with Crippen molar-refractivity contribution in [2.45, 2.75) is 0 Å². The van der Waals surface area contributed by atoms with Crippen LogP contribution in [0.2, 0.25) is 0 Å². The maximum Gasteiger partial charge on any atom is 0.158 e. The smallest absolute Gasteiger partial charge is 0.158 e. The van der Waals surface area contributed by atoms with Gasteiger partial charge in [0.25, 0.3) is 0 Å². The third-order valence-corrected chi connectivity index (χ3v) is 3.89. The normalized spacial score (nSPS) is 10.6. The number of hydrogen-bond donors (Lipinski definition) is 1. The lowest BCUT2D eigenvalue weighted by atomic mass is 10.1. The van der Waals surface area contributed by atoms with E-state index in [1.54, 1.807) is 19.5 Å². The number of para-hydroxylation sites is 2. The predicted molar refractivity (Wildman–Crippen MR) is 99.0 cm³/mol. The Morgan fingerprint density at radius 3 is 2.52 bits per heavy atom. The molecule has 0 bridgehead atoms. The summed E-state index contributed by atoms with van der Waals surface area (Å²) in [5, 5.41) is 3.29. The molecule has 0 atom stereocenters. The highest BCUT2D eigenvalue weighted by Crippen LogP contribution is 2.29. The number of nitrogens with one attached hydrogen (secondary N) is 1. The van der Waals surface area contributed by atoms with Crippen molar-refractivity contribution in [2.75, 3.05) is 12.4 Å². The monoisotopic (exact) mass is 328 g/mol. The Morgan fingerprint density at radius 1 is 0.880 bits per heavy atom. The number of hydrogen-bond acceptors (Lipinski definition) is 5. The number of pyridine rings is 1. The van der Waals surface area contributed by atoms with E-state index in [0.29, 0.717) is 11.3 Å². The van der Waals surface area contributed by atoms with Gasteiger partial charge < -0.3 is 10.1 Å². The van der Waals surface area contributed by atoms with Crippen molar-refractivity contribution in [3.05, 3.63) is 73.1 Å². The molecule has 0 fully saturated rings. The quantitative estimate of drug-likeness (QED) is 0.600. The first-order chi connectivity index (χ1) is 12.3. The van der Waals surface area contributed by atoms with Gasteiger partial charge in [-0.2, -0.15) is 0 Å². The Labute approximate surface area is 145 Å². The number of fused-ring (bicyclic) bond motifs is 1. The van der Waals surface area contributed by atoms with Crippen molar-refractivity contribution in [2.24, 2.45) is 0 Å². The Balaban J connectivity index is 1.76. The SMILES string of the molecule is COc1ccccc1Nc1nccc2nc(-c3ccccc3)cnc12. The molecule has 2 aromatic heterocycles. The summed E-state index contributed by atoms with van der Waals surface area (Å²) in [6.45, 7) is 0. The summed E-state index contributed by atoms with van der Waals surface area (Å²) in [6.07, 6.45) is 3.50. The minimum absolute atomic E-state index is 0.647. The van der Waals surface area contributed by atoms with Crippen LogP contribution in [0.4, 0.5) is 11.5 Å². The van der Waals surface area contributed by atoms with Crippen LogP contribution in [-0.4, -0.2) is 22.1 Å². The molecule has 122 valence electrons. The largest absolute Gasteiger partial charge is 0.495 e. The fourth-order valence-corrected chi connectivity index (χ4v) is 2.66. The fourth-order valence-electron chi connectivity index (χ4n) is 2.66. The molecule has 1 N–H and O–H groups in total. The first-order valence-corrected chi connectivity index (χ1v) is 7.92. The molecule has 0 amide bonds. The first kappa shape index (κ1) is 15.1. The highest BCUT2D eigenvalue weighted by Gasteiger charge is 2.09. The van der Waals surface area contributed by atoms with Crippen LogP contribution in [0.25, 0.3) is 22.3 Å². The summed E-state index contributed by atoms with van der Waals surface area (Å²) in [5.74, 6) is 1.39. The summed E-state index contributed by atoms with van der Waals surface area (Å²) in [5.41, 5.74) is 4.20. The van der Waals surface area contributed by atoms with Gasteiger partial charge in [-0.05, 0) is 18.2 Å². The van der Waals surface area contributed by atoms with Crippen molar-refractivity contribution >= 4 is 22.5 Å². The molecule has 5 heteroatoms. The highest BCUT2D eigenvalue weighted by molar-refractivity contribution is 5.88. The number of ether oxygens (including phenoxy) is 1. The van der Waals surface area contributed by atoms with Gasteiger partial charge in [-0.1, -0.05) is 42.5 Å².